The van der Waals surface area contributed by atoms with Crippen LogP contribution in [0.15, 0.2) is 42.5 Å². The maximum absolute atomic E-state index is 13.5. The zero-order chi connectivity index (χ0) is 27.7. The molecule has 1 fully saturated rings. The lowest BCUT2D eigenvalue weighted by Crippen LogP contribution is -2.54. The molecule has 3 rings (SSSR count). The van der Waals surface area contributed by atoms with E-state index in [9.17, 15) is 40.3 Å². The van der Waals surface area contributed by atoms with Gasteiger partial charge in [-0.05, 0) is 42.3 Å². The Morgan fingerprint density at radius 2 is 1.50 bits per heavy atom. The molecule has 3 amide bonds. The molecule has 2 aromatic rings. The molecule has 6 nitrogen and oxygen atoms in total. The average Bonchev–Trinajstić information content (AvgIpc) is 2.81. The van der Waals surface area contributed by atoms with Gasteiger partial charge in [-0.2, -0.15) is 26.3 Å². The van der Waals surface area contributed by atoms with Crippen molar-refractivity contribution in [3.63, 3.8) is 0 Å². The number of carbonyl (C=O) groups excluding carboxylic acids is 2. The van der Waals surface area contributed by atoms with Crippen molar-refractivity contribution < 1.29 is 40.3 Å². The SMILES string of the molecule is CN(C(=O)N(C)[C@@H]1CCN(CC(N)=O)C[C@H]1c1ccc(F)cc1)c1cc(C(F)(F)F)cc(C(F)(F)F)c1.Cl. The van der Waals surface area contributed by atoms with E-state index >= 15 is 0 Å². The van der Waals surface area contributed by atoms with Crippen LogP contribution in [0.25, 0.3) is 0 Å². The van der Waals surface area contributed by atoms with Crippen LogP contribution in [0.1, 0.15) is 29.0 Å². The second-order valence-electron chi connectivity index (χ2n) is 8.93. The predicted molar refractivity (Wildman–Crippen MR) is 128 cm³/mol. The van der Waals surface area contributed by atoms with E-state index in [2.05, 4.69) is 0 Å². The number of nitrogens with two attached hydrogens (primary N) is 1. The Bertz CT molecular complexity index is 1110. The molecule has 0 aromatic heterocycles. The van der Waals surface area contributed by atoms with Crippen LogP contribution < -0.4 is 10.6 Å². The fraction of sp³-hybridized carbons (Fsp3) is 0.417. The number of hydrogen-bond donors (Lipinski definition) is 1. The van der Waals surface area contributed by atoms with E-state index in [1.165, 1.54) is 36.2 Å². The summed E-state index contributed by atoms with van der Waals surface area (Å²) >= 11 is 0. The van der Waals surface area contributed by atoms with Crippen molar-refractivity contribution in [3.05, 3.63) is 65.0 Å². The smallest absolute Gasteiger partial charge is 0.369 e. The highest BCUT2D eigenvalue weighted by molar-refractivity contribution is 5.92. The van der Waals surface area contributed by atoms with Gasteiger partial charge in [0.25, 0.3) is 0 Å². The van der Waals surface area contributed by atoms with Crippen molar-refractivity contribution in [2.24, 2.45) is 5.73 Å². The minimum absolute atomic E-state index is 0. The molecular weight excluding hydrogens is 545 g/mol. The van der Waals surface area contributed by atoms with Crippen LogP contribution in [0.3, 0.4) is 0 Å². The molecule has 38 heavy (non-hydrogen) atoms. The first-order valence-electron chi connectivity index (χ1n) is 11.1. The minimum atomic E-state index is -5.06. The molecule has 1 aliphatic rings. The van der Waals surface area contributed by atoms with Gasteiger partial charge in [-0.15, -0.1) is 12.4 Å². The monoisotopic (exact) mass is 570 g/mol. The normalized spacial score (nSPS) is 18.4. The number of hydrogen-bond acceptors (Lipinski definition) is 3. The van der Waals surface area contributed by atoms with Crippen molar-refractivity contribution in [1.29, 1.82) is 0 Å². The lowest BCUT2D eigenvalue weighted by molar-refractivity contribution is -0.143. The number of carbonyl (C=O) groups is 2. The summed E-state index contributed by atoms with van der Waals surface area (Å²) in [7, 11) is 2.48. The largest absolute Gasteiger partial charge is 0.416 e. The molecule has 0 bridgehead atoms. The van der Waals surface area contributed by atoms with Gasteiger partial charge in [0, 0.05) is 44.8 Å². The van der Waals surface area contributed by atoms with Crippen molar-refractivity contribution in [3.8, 4) is 0 Å². The molecule has 2 aromatic carbocycles. The summed E-state index contributed by atoms with van der Waals surface area (Å²) in [5, 5.41) is 0. The van der Waals surface area contributed by atoms with E-state index in [1.807, 2.05) is 0 Å². The first-order chi connectivity index (χ1) is 17.1. The first-order valence-corrected chi connectivity index (χ1v) is 11.1. The molecule has 14 heteroatoms. The number of halogens is 8. The van der Waals surface area contributed by atoms with E-state index in [-0.39, 0.29) is 31.6 Å². The number of benzene rings is 2. The van der Waals surface area contributed by atoms with Gasteiger partial charge in [0.15, 0.2) is 0 Å². The number of rotatable bonds is 5. The molecule has 1 saturated heterocycles. The fourth-order valence-corrected chi connectivity index (χ4v) is 4.49. The number of nitrogens with zero attached hydrogens (tertiary/aromatic N) is 3. The number of piperidine rings is 1. The third-order valence-electron chi connectivity index (χ3n) is 6.38. The Balaban J connectivity index is 0.00000507. The van der Waals surface area contributed by atoms with Crippen LogP contribution in [0, 0.1) is 5.82 Å². The lowest BCUT2D eigenvalue weighted by atomic mass is 9.85. The summed E-state index contributed by atoms with van der Waals surface area (Å²) in [6, 6.07) is 5.05. The quantitative estimate of drug-likeness (QED) is 0.508. The van der Waals surface area contributed by atoms with Gasteiger partial charge in [-0.25, -0.2) is 9.18 Å². The standard InChI is InChI=1S/C24H25F7N4O2.ClH/c1-33(18-10-15(23(26,27)28)9-16(11-18)24(29,30)31)22(37)34(2)20-7-8-35(13-21(32)36)12-19(20)14-3-5-17(25)6-4-14;/h3-6,9-11,19-20H,7-8,12-13H2,1-2H3,(H2,32,36);1H/t19-,20+;/m0./s1. The van der Waals surface area contributed by atoms with Crippen LogP contribution in [0.2, 0.25) is 0 Å². The van der Waals surface area contributed by atoms with Crippen molar-refractivity contribution in [1.82, 2.24) is 9.80 Å². The Hall–Kier alpha value is -3.06. The highest BCUT2D eigenvalue weighted by Gasteiger charge is 2.39. The predicted octanol–water partition coefficient (Wildman–Crippen LogP) is 5.12. The summed E-state index contributed by atoms with van der Waals surface area (Å²) in [5.41, 5.74) is 2.28. The van der Waals surface area contributed by atoms with Gasteiger partial charge in [-0.1, -0.05) is 12.1 Å². The Morgan fingerprint density at radius 3 is 1.97 bits per heavy atom. The molecule has 0 radical (unpaired) electrons. The maximum Gasteiger partial charge on any atom is 0.416 e. The first kappa shape index (κ1) is 31.2. The highest BCUT2D eigenvalue weighted by Crippen LogP contribution is 2.39. The second-order valence-corrected chi connectivity index (χ2v) is 8.93. The van der Waals surface area contributed by atoms with Gasteiger partial charge >= 0.3 is 18.4 Å². The summed E-state index contributed by atoms with van der Waals surface area (Å²) in [6.07, 6.45) is -9.80. The van der Waals surface area contributed by atoms with Gasteiger partial charge < -0.3 is 10.6 Å². The number of primary amides is 1. The molecule has 210 valence electrons. The topological polar surface area (TPSA) is 69.9 Å². The highest BCUT2D eigenvalue weighted by atomic mass is 35.5. The molecule has 1 aliphatic heterocycles. The zero-order valence-corrected chi connectivity index (χ0v) is 21.1. The summed E-state index contributed by atoms with van der Waals surface area (Å²) in [4.78, 5) is 28.4. The van der Waals surface area contributed by atoms with E-state index in [1.54, 1.807) is 4.90 Å². The summed E-state index contributed by atoms with van der Waals surface area (Å²) in [5.74, 6) is -1.49. The average molecular weight is 571 g/mol. The Labute approximate surface area is 220 Å². The number of urea groups is 1. The van der Waals surface area contributed by atoms with Gasteiger partial charge in [-0.3, -0.25) is 14.6 Å². The van der Waals surface area contributed by atoms with E-state index in [0.717, 1.165) is 11.9 Å². The van der Waals surface area contributed by atoms with Crippen LogP contribution in [0.4, 0.5) is 41.2 Å². The fourth-order valence-electron chi connectivity index (χ4n) is 4.49. The zero-order valence-electron chi connectivity index (χ0n) is 20.3. The minimum Gasteiger partial charge on any atom is -0.369 e. The summed E-state index contributed by atoms with van der Waals surface area (Å²) < 4.78 is 93.3. The van der Waals surface area contributed by atoms with Crippen LogP contribution in [-0.2, 0) is 17.1 Å². The maximum atomic E-state index is 13.5. The van der Waals surface area contributed by atoms with Gasteiger partial charge in [0.05, 0.1) is 17.7 Å². The Morgan fingerprint density at radius 1 is 0.974 bits per heavy atom. The third kappa shape index (κ3) is 7.28. The van der Waals surface area contributed by atoms with Crippen LogP contribution >= 0.6 is 12.4 Å². The van der Waals surface area contributed by atoms with E-state index < -0.39 is 58.9 Å². The Kier molecular flexibility index (Phi) is 9.65. The molecule has 0 spiro atoms. The molecule has 2 atom stereocenters. The number of likely N-dealkylation sites (tertiary alicyclic amines) is 1. The molecular formula is C24H26ClF7N4O2. The van der Waals surface area contributed by atoms with E-state index in [4.69, 9.17) is 5.73 Å². The molecule has 0 aliphatic carbocycles. The second kappa shape index (κ2) is 11.8. The number of amides is 3. The van der Waals surface area contributed by atoms with Crippen molar-refractivity contribution in [2.45, 2.75) is 30.7 Å². The summed E-state index contributed by atoms with van der Waals surface area (Å²) in [6.45, 7) is 0.573. The molecule has 2 N–H and O–H groups in total. The van der Waals surface area contributed by atoms with Crippen molar-refractivity contribution in [2.75, 3.05) is 38.6 Å². The third-order valence-corrected chi connectivity index (χ3v) is 6.38. The number of alkyl halides is 6. The van der Waals surface area contributed by atoms with Crippen LogP contribution in [-0.4, -0.2) is 61.5 Å². The van der Waals surface area contributed by atoms with Crippen LogP contribution in [0.5, 0.6) is 0 Å². The van der Waals surface area contributed by atoms with Crippen molar-refractivity contribution >= 4 is 30.0 Å². The molecule has 0 unspecified atom stereocenters. The number of likely N-dealkylation sites (N-methyl/N-ethyl adjacent to an activating group) is 1. The van der Waals surface area contributed by atoms with E-state index in [0.29, 0.717) is 30.7 Å². The van der Waals surface area contributed by atoms with Gasteiger partial charge in [0.2, 0.25) is 5.91 Å². The number of anilines is 1. The lowest BCUT2D eigenvalue weighted by Gasteiger charge is -2.43. The molecule has 1 heterocycles. The molecule has 0 saturated carbocycles. The van der Waals surface area contributed by atoms with Gasteiger partial charge in [0.1, 0.15) is 5.82 Å².